The molecule has 1 heterocycles. The molecule has 0 aliphatic carbocycles. The summed E-state index contributed by atoms with van der Waals surface area (Å²) in [6.07, 6.45) is 1.76. The third kappa shape index (κ3) is 6.20. The van der Waals surface area contributed by atoms with Crippen LogP contribution < -0.4 is 14.8 Å². The van der Waals surface area contributed by atoms with Gasteiger partial charge < -0.3 is 14.8 Å². The molecule has 0 atom stereocenters. The first-order valence-corrected chi connectivity index (χ1v) is 12.6. The van der Waals surface area contributed by atoms with E-state index in [9.17, 15) is 4.79 Å². The van der Waals surface area contributed by atoms with E-state index in [2.05, 4.69) is 16.4 Å². The molecule has 5 nitrogen and oxygen atoms in total. The lowest BCUT2D eigenvalue weighted by Crippen LogP contribution is -2.19. The van der Waals surface area contributed by atoms with E-state index in [-0.39, 0.29) is 5.91 Å². The molecule has 0 unspecified atom stereocenters. The van der Waals surface area contributed by atoms with Crippen molar-refractivity contribution in [2.75, 3.05) is 6.61 Å². The number of nitrogens with one attached hydrogen (secondary N) is 1. The van der Waals surface area contributed by atoms with Gasteiger partial charge in [-0.05, 0) is 79.6 Å². The number of ether oxygens (including phenoxy) is 2. The van der Waals surface area contributed by atoms with Gasteiger partial charge in [-0.25, -0.2) is 4.99 Å². The molecule has 1 fully saturated rings. The highest BCUT2D eigenvalue weighted by atomic mass is 35.5. The Balaban J connectivity index is 1.57. The number of amidine groups is 1. The quantitative estimate of drug-likeness (QED) is 0.324. The first-order chi connectivity index (χ1) is 16.8. The number of aliphatic imine (C=N–C) groups is 1. The molecule has 8 heteroatoms. The molecule has 1 amide bonds. The molecular weight excluding hydrogens is 503 g/mol. The summed E-state index contributed by atoms with van der Waals surface area (Å²) in [5.41, 5.74) is 4.47. The lowest BCUT2D eigenvalue weighted by molar-refractivity contribution is -0.115. The molecule has 0 spiro atoms. The minimum atomic E-state index is -0.234. The van der Waals surface area contributed by atoms with E-state index >= 15 is 0 Å². The zero-order valence-corrected chi connectivity index (χ0v) is 21.9. The molecule has 180 valence electrons. The Morgan fingerprint density at radius 3 is 2.60 bits per heavy atom. The van der Waals surface area contributed by atoms with Gasteiger partial charge in [-0.2, -0.15) is 0 Å². The monoisotopic (exact) mass is 526 g/mol. The Morgan fingerprint density at radius 2 is 1.83 bits per heavy atom. The van der Waals surface area contributed by atoms with Crippen LogP contribution in [0, 0.1) is 13.8 Å². The van der Waals surface area contributed by atoms with Gasteiger partial charge in [-0.1, -0.05) is 59.1 Å². The van der Waals surface area contributed by atoms with Gasteiger partial charge in [0.05, 0.1) is 22.2 Å². The van der Waals surface area contributed by atoms with E-state index in [4.69, 9.17) is 32.7 Å². The third-order valence-electron chi connectivity index (χ3n) is 5.21. The van der Waals surface area contributed by atoms with Crippen molar-refractivity contribution in [2.24, 2.45) is 4.99 Å². The first-order valence-electron chi connectivity index (χ1n) is 11.0. The van der Waals surface area contributed by atoms with E-state index in [1.54, 1.807) is 18.2 Å². The first kappa shape index (κ1) is 25.2. The number of benzene rings is 3. The van der Waals surface area contributed by atoms with Gasteiger partial charge >= 0.3 is 0 Å². The number of thioether (sulfide) groups is 1. The smallest absolute Gasteiger partial charge is 0.264 e. The minimum Gasteiger partial charge on any atom is -0.490 e. The number of carbonyl (C=O) groups excluding carboxylic acids is 1. The van der Waals surface area contributed by atoms with Gasteiger partial charge in [-0.3, -0.25) is 4.79 Å². The number of halogens is 2. The Kier molecular flexibility index (Phi) is 8.06. The maximum atomic E-state index is 12.6. The summed E-state index contributed by atoms with van der Waals surface area (Å²) < 4.78 is 11.8. The molecular formula is C27H24Cl2N2O3S. The number of amides is 1. The summed E-state index contributed by atoms with van der Waals surface area (Å²) in [6.45, 7) is 6.63. The average molecular weight is 527 g/mol. The van der Waals surface area contributed by atoms with Crippen molar-refractivity contribution >= 4 is 57.8 Å². The second-order valence-electron chi connectivity index (χ2n) is 7.91. The number of hydrogen-bond acceptors (Lipinski definition) is 5. The normalized spacial score (nSPS) is 15.5. The van der Waals surface area contributed by atoms with Crippen LogP contribution >= 0.6 is 35.0 Å². The molecule has 4 rings (SSSR count). The predicted molar refractivity (Wildman–Crippen MR) is 145 cm³/mol. The highest BCUT2D eigenvalue weighted by molar-refractivity contribution is 8.18. The van der Waals surface area contributed by atoms with Crippen molar-refractivity contribution in [3.63, 3.8) is 0 Å². The van der Waals surface area contributed by atoms with Gasteiger partial charge in [0.15, 0.2) is 16.7 Å². The predicted octanol–water partition coefficient (Wildman–Crippen LogP) is 7.48. The largest absolute Gasteiger partial charge is 0.490 e. The van der Waals surface area contributed by atoms with Crippen molar-refractivity contribution in [3.8, 4) is 11.5 Å². The Hall–Kier alpha value is -2.93. The molecule has 1 aliphatic heterocycles. The second kappa shape index (κ2) is 11.2. The number of rotatable bonds is 7. The molecule has 1 saturated heterocycles. The van der Waals surface area contributed by atoms with Crippen LogP contribution in [0.15, 0.2) is 64.5 Å². The van der Waals surface area contributed by atoms with Crippen LogP contribution in [-0.2, 0) is 11.4 Å². The topological polar surface area (TPSA) is 59.9 Å². The molecule has 0 aromatic heterocycles. The van der Waals surface area contributed by atoms with E-state index in [1.165, 1.54) is 11.8 Å². The Bertz CT molecular complexity index is 1340. The fourth-order valence-electron chi connectivity index (χ4n) is 3.49. The van der Waals surface area contributed by atoms with Gasteiger partial charge in [0.25, 0.3) is 5.91 Å². The van der Waals surface area contributed by atoms with Crippen molar-refractivity contribution in [1.29, 1.82) is 0 Å². The van der Waals surface area contributed by atoms with Crippen LogP contribution in [-0.4, -0.2) is 17.7 Å². The fourth-order valence-corrected chi connectivity index (χ4v) is 4.77. The zero-order chi connectivity index (χ0) is 24.9. The maximum Gasteiger partial charge on any atom is 0.264 e. The summed E-state index contributed by atoms with van der Waals surface area (Å²) in [6, 6.07) is 17.1. The third-order valence-corrected chi connectivity index (χ3v) is 6.81. The highest BCUT2D eigenvalue weighted by Crippen LogP contribution is 2.39. The molecule has 35 heavy (non-hydrogen) atoms. The van der Waals surface area contributed by atoms with Crippen LogP contribution in [0.2, 0.25) is 10.0 Å². The van der Waals surface area contributed by atoms with Crippen LogP contribution in [0.5, 0.6) is 11.5 Å². The molecule has 0 radical (unpaired) electrons. The number of nitrogens with zero attached hydrogens (tertiary/aromatic N) is 1. The second-order valence-corrected chi connectivity index (χ2v) is 9.75. The number of aryl methyl sites for hydroxylation is 1. The number of carbonyl (C=O) groups is 1. The van der Waals surface area contributed by atoms with Gasteiger partial charge in [0, 0.05) is 5.02 Å². The van der Waals surface area contributed by atoms with E-state index in [0.717, 1.165) is 22.3 Å². The van der Waals surface area contributed by atoms with Gasteiger partial charge in [0.2, 0.25) is 0 Å². The lowest BCUT2D eigenvalue weighted by atomic mass is 10.1. The van der Waals surface area contributed by atoms with Crippen molar-refractivity contribution in [3.05, 3.63) is 91.8 Å². The molecule has 1 N–H and O–H groups in total. The molecule has 0 bridgehead atoms. The highest BCUT2D eigenvalue weighted by Gasteiger charge is 2.24. The van der Waals surface area contributed by atoms with Crippen molar-refractivity contribution < 1.29 is 14.3 Å². The summed E-state index contributed by atoms with van der Waals surface area (Å²) in [5.74, 6) is 0.757. The number of hydrogen-bond donors (Lipinski definition) is 1. The van der Waals surface area contributed by atoms with Crippen molar-refractivity contribution in [1.82, 2.24) is 5.32 Å². The molecule has 3 aromatic rings. The van der Waals surface area contributed by atoms with E-state index < -0.39 is 0 Å². The van der Waals surface area contributed by atoms with E-state index in [0.29, 0.717) is 50.5 Å². The van der Waals surface area contributed by atoms with E-state index in [1.807, 2.05) is 57.2 Å². The standard InChI is InChI=1S/C27H24Cl2N2O3S/c1-4-33-23-13-19(12-21(29)25(23)34-15-18-8-5-7-16(2)11-18)14-24-26(32)31-27(35-24)30-22-10-6-9-20(28)17(22)3/h5-14H,4,15H2,1-3H3,(H,30,31,32)/b24-14+. The lowest BCUT2D eigenvalue weighted by Gasteiger charge is -2.15. The van der Waals surface area contributed by atoms with Crippen LogP contribution in [0.25, 0.3) is 6.08 Å². The molecule has 0 saturated carbocycles. The summed E-state index contributed by atoms with van der Waals surface area (Å²) in [5, 5.41) is 4.32. The summed E-state index contributed by atoms with van der Waals surface area (Å²) in [4.78, 5) is 17.6. The van der Waals surface area contributed by atoms with Gasteiger partial charge in [-0.15, -0.1) is 0 Å². The van der Waals surface area contributed by atoms with Gasteiger partial charge in [0.1, 0.15) is 6.61 Å². The van der Waals surface area contributed by atoms with Crippen LogP contribution in [0.3, 0.4) is 0 Å². The minimum absolute atomic E-state index is 0.234. The van der Waals surface area contributed by atoms with Crippen molar-refractivity contribution in [2.45, 2.75) is 27.4 Å². The maximum absolute atomic E-state index is 12.6. The van der Waals surface area contributed by atoms with Crippen LogP contribution in [0.1, 0.15) is 29.2 Å². The Morgan fingerprint density at radius 1 is 1.03 bits per heavy atom. The summed E-state index contributed by atoms with van der Waals surface area (Å²) >= 11 is 14.0. The average Bonchev–Trinajstić information content (AvgIpc) is 3.15. The van der Waals surface area contributed by atoms with Crippen LogP contribution in [0.4, 0.5) is 5.69 Å². The molecule has 3 aromatic carbocycles. The zero-order valence-electron chi connectivity index (χ0n) is 19.5. The Labute approximate surface area is 219 Å². The summed E-state index contributed by atoms with van der Waals surface area (Å²) in [7, 11) is 0. The molecule has 1 aliphatic rings. The fraction of sp³-hybridized carbons (Fsp3) is 0.185. The SMILES string of the molecule is CCOc1cc(/C=C2/SC(=Nc3cccc(Cl)c3C)NC2=O)cc(Cl)c1OCc1cccc(C)c1.